The Kier molecular flexibility index (Phi) is 14.8. The number of pyridine rings is 2. The van der Waals surface area contributed by atoms with Crippen molar-refractivity contribution >= 4 is 59.9 Å². The van der Waals surface area contributed by atoms with E-state index in [1.54, 1.807) is 24.3 Å². The van der Waals surface area contributed by atoms with Crippen molar-refractivity contribution < 1.29 is 39.0 Å². The summed E-state index contributed by atoms with van der Waals surface area (Å²) in [5, 5.41) is 24.8. The molecule has 0 spiro atoms. The van der Waals surface area contributed by atoms with E-state index in [1.807, 2.05) is 13.8 Å². The fourth-order valence-corrected chi connectivity index (χ4v) is 8.30. The van der Waals surface area contributed by atoms with Crippen LogP contribution in [0.25, 0.3) is 0 Å². The van der Waals surface area contributed by atoms with Crippen LogP contribution in [0.15, 0.2) is 36.7 Å². The Bertz CT molecular complexity index is 1600. The van der Waals surface area contributed by atoms with Crippen LogP contribution in [0.4, 0.5) is 21.2 Å². The number of carbonyl (C=O) groups is 6. The number of halogens is 1. The van der Waals surface area contributed by atoms with Crippen LogP contribution in [0, 0.1) is 23.7 Å². The maximum absolute atomic E-state index is 12.6. The maximum Gasteiger partial charge on any atom is 0.327 e. The number of likely N-dealkylation sites (tertiary alicyclic amines) is 2. The largest absolute Gasteiger partial charge is 0.480 e. The number of rotatable bonds is 10. The number of β-lactam (4-membered cyclic amide) rings is 2. The Balaban J connectivity index is 0.000000240. The van der Waals surface area contributed by atoms with E-state index in [4.69, 9.17) is 11.5 Å². The molecule has 6 amide bonds. The van der Waals surface area contributed by atoms with Crippen LogP contribution in [-0.2, 0) is 32.0 Å². The molecule has 6 rings (SSSR count). The minimum atomic E-state index is -1.18. The number of urea groups is 2. The van der Waals surface area contributed by atoms with Crippen LogP contribution in [0.3, 0.4) is 0 Å². The summed E-state index contributed by atoms with van der Waals surface area (Å²) in [5.41, 5.74) is 12.7. The van der Waals surface area contributed by atoms with Gasteiger partial charge in [-0.2, -0.15) is 0 Å². The summed E-state index contributed by atoms with van der Waals surface area (Å²) in [6, 6.07) is 2.88. The second-order valence-electron chi connectivity index (χ2n) is 15.1. The molecule has 300 valence electrons. The van der Waals surface area contributed by atoms with Crippen molar-refractivity contribution in [3.63, 3.8) is 0 Å². The first-order chi connectivity index (χ1) is 25.8. The third-order valence-electron chi connectivity index (χ3n) is 11.4. The van der Waals surface area contributed by atoms with Gasteiger partial charge < -0.3 is 32.3 Å². The Hall–Kier alpha value is -4.99. The van der Waals surface area contributed by atoms with Gasteiger partial charge in [-0.3, -0.25) is 9.59 Å². The smallest absolute Gasteiger partial charge is 0.327 e. The second-order valence-corrected chi connectivity index (χ2v) is 15.1. The highest BCUT2D eigenvalue weighted by molar-refractivity contribution is 6.08. The number of carboxylic acid groups (broad SMARTS) is 2. The van der Waals surface area contributed by atoms with Crippen molar-refractivity contribution in [2.24, 2.45) is 23.7 Å². The highest BCUT2D eigenvalue weighted by atomic mass is 35.5. The number of carbonyl (C=O) groups excluding carboxylic acids is 4. The number of nitrogen functional groups attached to an aromatic ring is 2. The van der Waals surface area contributed by atoms with Gasteiger partial charge in [-0.1, -0.05) is 38.5 Å². The van der Waals surface area contributed by atoms with Crippen molar-refractivity contribution in [1.82, 2.24) is 30.4 Å². The minimum absolute atomic E-state index is 0. The first kappa shape index (κ1) is 42.7. The van der Waals surface area contributed by atoms with E-state index in [0.29, 0.717) is 23.5 Å². The van der Waals surface area contributed by atoms with Crippen LogP contribution >= 0.6 is 12.4 Å². The summed E-state index contributed by atoms with van der Waals surface area (Å²) in [6.45, 7) is 3.84. The van der Waals surface area contributed by atoms with E-state index in [-0.39, 0.29) is 37.3 Å². The van der Waals surface area contributed by atoms with Gasteiger partial charge in [-0.25, -0.2) is 38.9 Å². The number of nitrogens with zero attached hydrogens (tertiary/aromatic N) is 4. The van der Waals surface area contributed by atoms with E-state index in [0.717, 1.165) is 72.3 Å². The molecule has 2 aliphatic carbocycles. The summed E-state index contributed by atoms with van der Waals surface area (Å²) in [4.78, 5) is 83.0. The summed E-state index contributed by atoms with van der Waals surface area (Å²) in [5.74, 6) is -3.48. The summed E-state index contributed by atoms with van der Waals surface area (Å²) < 4.78 is 0. The number of hydrogen-bond acceptors (Lipinski definition) is 10. The molecule has 6 atom stereocenters. The van der Waals surface area contributed by atoms with Gasteiger partial charge in [0.05, 0.1) is 11.8 Å². The van der Waals surface area contributed by atoms with Crippen molar-refractivity contribution in [3.8, 4) is 0 Å². The number of hydrogen-bond donors (Lipinski definition) is 6. The van der Waals surface area contributed by atoms with Crippen LogP contribution in [-0.4, -0.2) is 90.0 Å². The minimum Gasteiger partial charge on any atom is -0.480 e. The van der Waals surface area contributed by atoms with E-state index in [2.05, 4.69) is 20.6 Å². The van der Waals surface area contributed by atoms with Crippen molar-refractivity contribution in [2.45, 2.75) is 115 Å². The molecule has 8 N–H and O–H groups in total. The van der Waals surface area contributed by atoms with Gasteiger partial charge in [0.15, 0.2) is 12.1 Å². The topological polar surface area (TPSA) is 251 Å². The lowest BCUT2D eigenvalue weighted by Crippen LogP contribution is -2.69. The van der Waals surface area contributed by atoms with E-state index in [1.165, 1.54) is 25.2 Å². The zero-order chi connectivity index (χ0) is 39.1. The molecule has 0 bridgehead atoms. The van der Waals surface area contributed by atoms with Crippen molar-refractivity contribution in [2.75, 3.05) is 11.5 Å². The number of aliphatic carboxylic acids is 2. The lowest BCUT2D eigenvalue weighted by molar-refractivity contribution is -0.165. The summed E-state index contributed by atoms with van der Waals surface area (Å²) in [7, 11) is 0. The lowest BCUT2D eigenvalue weighted by Gasteiger charge is -2.43. The fourth-order valence-electron chi connectivity index (χ4n) is 8.30. The molecule has 2 saturated heterocycles. The number of anilines is 2. The SMILES string of the molecule is C[C@@H](NC(=O)N1C(=O)[C@H](Cc2ccnc(N)c2)[C@H]1C(=O)O)C1CCCCC1.C[C@@H](NC(=O)N1C(=O)[C@H](Cc2ccnc(N)c2)[C@H]1C(=O)O)C1CCCCC1.Cl. The van der Waals surface area contributed by atoms with E-state index in [9.17, 15) is 39.0 Å². The molecule has 16 nitrogen and oxygen atoms in total. The Morgan fingerprint density at radius 2 is 1.04 bits per heavy atom. The average molecular weight is 785 g/mol. The normalized spacial score (nSPS) is 23.7. The molecule has 2 aliphatic heterocycles. The lowest BCUT2D eigenvalue weighted by atomic mass is 9.82. The number of nitrogens with two attached hydrogens (primary N) is 2. The number of amides is 6. The molecule has 2 saturated carbocycles. The van der Waals surface area contributed by atoms with Crippen LogP contribution < -0.4 is 22.1 Å². The predicted molar refractivity (Wildman–Crippen MR) is 205 cm³/mol. The highest BCUT2D eigenvalue weighted by Crippen LogP contribution is 2.33. The highest BCUT2D eigenvalue weighted by Gasteiger charge is 2.56. The summed E-state index contributed by atoms with van der Waals surface area (Å²) in [6.07, 6.45) is 14.6. The molecule has 4 fully saturated rings. The molecule has 0 unspecified atom stereocenters. The molecular weight excluding hydrogens is 732 g/mol. The molecule has 2 aromatic heterocycles. The van der Waals surface area contributed by atoms with Gasteiger partial charge in [-0.05, 0) is 99.6 Å². The van der Waals surface area contributed by atoms with E-state index < -0.39 is 59.7 Å². The number of imide groups is 2. The number of carboxylic acids is 2. The average Bonchev–Trinajstić information content (AvgIpc) is 3.14. The Morgan fingerprint density at radius 3 is 1.35 bits per heavy atom. The van der Waals surface area contributed by atoms with Gasteiger partial charge in [0.2, 0.25) is 11.8 Å². The van der Waals surface area contributed by atoms with Gasteiger partial charge in [-0.15, -0.1) is 12.4 Å². The first-order valence-electron chi connectivity index (χ1n) is 18.9. The Labute approximate surface area is 326 Å². The molecular formula is C38H53ClN8O8. The maximum atomic E-state index is 12.6. The number of nitrogens with one attached hydrogen (secondary N) is 2. The quantitative estimate of drug-likeness (QED) is 0.187. The fraction of sp³-hybridized carbons (Fsp3) is 0.579. The standard InChI is InChI=1S/2C19H26N4O4.ClH/c2*1-11(13-5-3-2-4-6-13)22-19(27)23-16(18(25)26)14(17(23)24)9-12-7-8-21-15(20)10-12;/h2*7-8,10-11,13-14,16H,2-6,9H2,1H3,(H2,20,21)(H,22,27)(H,25,26);1H/t2*11-,14-,16+;/m11./s1. The van der Waals surface area contributed by atoms with E-state index >= 15 is 0 Å². The molecule has 55 heavy (non-hydrogen) atoms. The predicted octanol–water partition coefficient (Wildman–Crippen LogP) is 4.01. The van der Waals surface area contributed by atoms with Crippen LogP contribution in [0.2, 0.25) is 0 Å². The second kappa shape index (κ2) is 19.0. The molecule has 4 heterocycles. The van der Waals surface area contributed by atoms with Gasteiger partial charge >= 0.3 is 24.0 Å². The Morgan fingerprint density at radius 1 is 0.691 bits per heavy atom. The van der Waals surface area contributed by atoms with Crippen molar-refractivity contribution in [1.29, 1.82) is 0 Å². The van der Waals surface area contributed by atoms with Gasteiger partial charge in [0, 0.05) is 24.5 Å². The first-order valence-corrected chi connectivity index (χ1v) is 18.9. The molecule has 4 aliphatic rings. The molecule has 0 radical (unpaired) electrons. The molecule has 0 aromatic carbocycles. The van der Waals surface area contributed by atoms with Crippen LogP contribution in [0.1, 0.15) is 89.2 Å². The zero-order valence-electron chi connectivity index (χ0n) is 31.3. The van der Waals surface area contributed by atoms with Gasteiger partial charge in [0.25, 0.3) is 0 Å². The third kappa shape index (κ3) is 10.2. The molecule has 17 heteroatoms. The monoisotopic (exact) mass is 784 g/mol. The third-order valence-corrected chi connectivity index (χ3v) is 11.4. The van der Waals surface area contributed by atoms with Crippen LogP contribution in [0.5, 0.6) is 0 Å². The van der Waals surface area contributed by atoms with Gasteiger partial charge in [0.1, 0.15) is 11.6 Å². The number of aromatic nitrogens is 2. The summed E-state index contributed by atoms with van der Waals surface area (Å²) >= 11 is 0. The molecule has 2 aromatic rings. The zero-order valence-corrected chi connectivity index (χ0v) is 32.1. The van der Waals surface area contributed by atoms with Crippen molar-refractivity contribution in [3.05, 3.63) is 47.8 Å².